The molecule has 1 N–H and O–H groups in total. The normalized spacial score (nSPS) is 11.7. The largest absolute Gasteiger partial charge is 0.483 e. The van der Waals surface area contributed by atoms with Crippen LogP contribution in [0.4, 0.5) is 0 Å². The molecule has 1 amide bonds. The Morgan fingerprint density at radius 2 is 2.20 bits per heavy atom. The van der Waals surface area contributed by atoms with E-state index in [1.165, 1.54) is 6.20 Å². The minimum atomic E-state index is -0.334. The first-order valence-corrected chi connectivity index (χ1v) is 8.40. The summed E-state index contributed by atoms with van der Waals surface area (Å²) in [5.41, 5.74) is 4.85. The first kappa shape index (κ1) is 19.0. The second kappa shape index (κ2) is 8.67. The van der Waals surface area contributed by atoms with Gasteiger partial charge in [-0.2, -0.15) is 5.10 Å². The number of aromatic nitrogens is 1. The molecule has 0 radical (unpaired) electrons. The monoisotopic (exact) mass is 363 g/mol. The van der Waals surface area contributed by atoms with Gasteiger partial charge in [0.15, 0.2) is 12.4 Å². The number of ether oxygens (including phenoxy) is 1. The number of nitrogens with one attached hydrogen (secondary N) is 1. The van der Waals surface area contributed by atoms with Crippen molar-refractivity contribution < 1.29 is 14.1 Å². The Kier molecular flexibility index (Phi) is 6.58. The summed E-state index contributed by atoms with van der Waals surface area (Å²) in [6.07, 6.45) is 2.36. The van der Waals surface area contributed by atoms with Crippen molar-refractivity contribution in [1.29, 1.82) is 0 Å². The van der Waals surface area contributed by atoms with Crippen molar-refractivity contribution in [1.82, 2.24) is 10.6 Å². The number of rotatable bonds is 7. The van der Waals surface area contributed by atoms with E-state index in [0.717, 1.165) is 17.7 Å². The second-order valence-corrected chi connectivity index (χ2v) is 6.65. The van der Waals surface area contributed by atoms with Crippen molar-refractivity contribution in [3.8, 4) is 17.1 Å². The van der Waals surface area contributed by atoms with Gasteiger partial charge in [0.05, 0.1) is 11.8 Å². The maximum Gasteiger partial charge on any atom is 0.277 e. The molecule has 0 aliphatic rings. The molecule has 1 heterocycles. The molecule has 134 valence electrons. The third-order valence-corrected chi connectivity index (χ3v) is 3.81. The standard InChI is InChI=1S/C18H22ClN3O3/c1-11(2)7-13(4)21-22-18(23)10-24-17-8-12(3)15(19)9-14(17)16-5-6-20-25-16/h5-6,8-9,11H,7,10H2,1-4H3,(H,22,23)/b21-13-. The number of hydrogen-bond acceptors (Lipinski definition) is 5. The number of benzene rings is 1. The molecule has 0 aliphatic carbocycles. The zero-order chi connectivity index (χ0) is 18.4. The van der Waals surface area contributed by atoms with Gasteiger partial charge in [-0.3, -0.25) is 4.79 Å². The lowest BCUT2D eigenvalue weighted by Crippen LogP contribution is -2.25. The molecule has 0 saturated carbocycles. The van der Waals surface area contributed by atoms with E-state index in [9.17, 15) is 4.79 Å². The average molecular weight is 364 g/mol. The van der Waals surface area contributed by atoms with Crippen LogP contribution in [0.5, 0.6) is 5.75 Å². The summed E-state index contributed by atoms with van der Waals surface area (Å²) in [6.45, 7) is 7.76. The molecule has 0 spiro atoms. The highest BCUT2D eigenvalue weighted by molar-refractivity contribution is 6.31. The smallest absolute Gasteiger partial charge is 0.277 e. The molecule has 2 aromatic rings. The van der Waals surface area contributed by atoms with Gasteiger partial charge in [0, 0.05) is 16.8 Å². The fourth-order valence-electron chi connectivity index (χ4n) is 2.29. The van der Waals surface area contributed by atoms with Gasteiger partial charge in [0.1, 0.15) is 5.75 Å². The Hall–Kier alpha value is -2.34. The Bertz CT molecular complexity index is 755. The highest BCUT2D eigenvalue weighted by Crippen LogP contribution is 2.34. The molecule has 0 saturated heterocycles. The van der Waals surface area contributed by atoms with Gasteiger partial charge in [-0.25, -0.2) is 5.43 Å². The van der Waals surface area contributed by atoms with Crippen LogP contribution in [0.1, 0.15) is 32.8 Å². The quantitative estimate of drug-likeness (QED) is 0.590. The number of carbonyl (C=O) groups excluding carboxylic acids is 1. The SMILES string of the molecule is C/C(CC(C)C)=N/NC(=O)COc1cc(C)c(Cl)cc1-c1ccno1. The molecule has 0 unspecified atom stereocenters. The lowest BCUT2D eigenvalue weighted by atomic mass is 10.1. The van der Waals surface area contributed by atoms with E-state index in [2.05, 4.69) is 29.5 Å². The summed E-state index contributed by atoms with van der Waals surface area (Å²) in [5, 5.41) is 8.34. The van der Waals surface area contributed by atoms with Crippen LogP contribution >= 0.6 is 11.6 Å². The van der Waals surface area contributed by atoms with Crippen molar-refractivity contribution in [3.05, 3.63) is 35.0 Å². The lowest BCUT2D eigenvalue weighted by Gasteiger charge is -2.11. The molecule has 0 atom stereocenters. The van der Waals surface area contributed by atoms with Crippen LogP contribution in [0.2, 0.25) is 5.02 Å². The Morgan fingerprint density at radius 1 is 1.44 bits per heavy atom. The van der Waals surface area contributed by atoms with Gasteiger partial charge in [-0.05, 0) is 43.9 Å². The maximum atomic E-state index is 12.0. The molecule has 1 aromatic heterocycles. The van der Waals surface area contributed by atoms with E-state index in [4.69, 9.17) is 20.9 Å². The molecule has 0 aliphatic heterocycles. The van der Waals surface area contributed by atoms with Gasteiger partial charge in [-0.1, -0.05) is 30.6 Å². The number of aryl methyl sites for hydroxylation is 1. The summed E-state index contributed by atoms with van der Waals surface area (Å²) in [5.74, 6) is 1.16. The van der Waals surface area contributed by atoms with E-state index in [0.29, 0.717) is 28.0 Å². The van der Waals surface area contributed by atoms with Crippen molar-refractivity contribution >= 4 is 23.2 Å². The molecule has 1 aromatic carbocycles. The van der Waals surface area contributed by atoms with Crippen LogP contribution < -0.4 is 10.2 Å². The van der Waals surface area contributed by atoms with E-state index in [-0.39, 0.29) is 12.5 Å². The summed E-state index contributed by atoms with van der Waals surface area (Å²) in [6, 6.07) is 5.20. The Labute approximate surface area is 152 Å². The summed E-state index contributed by atoms with van der Waals surface area (Å²) < 4.78 is 10.8. The summed E-state index contributed by atoms with van der Waals surface area (Å²) in [7, 11) is 0. The summed E-state index contributed by atoms with van der Waals surface area (Å²) in [4.78, 5) is 12.0. The van der Waals surface area contributed by atoms with E-state index in [1.807, 2.05) is 13.8 Å². The molecule has 7 heteroatoms. The number of carbonyl (C=O) groups is 1. The predicted molar refractivity (Wildman–Crippen MR) is 97.9 cm³/mol. The molecule has 2 rings (SSSR count). The van der Waals surface area contributed by atoms with E-state index >= 15 is 0 Å². The van der Waals surface area contributed by atoms with E-state index in [1.54, 1.807) is 18.2 Å². The van der Waals surface area contributed by atoms with Crippen LogP contribution in [0.3, 0.4) is 0 Å². The molecule has 0 bridgehead atoms. The van der Waals surface area contributed by atoms with Gasteiger partial charge in [0.2, 0.25) is 0 Å². The van der Waals surface area contributed by atoms with Gasteiger partial charge >= 0.3 is 0 Å². The first-order chi connectivity index (χ1) is 11.9. The summed E-state index contributed by atoms with van der Waals surface area (Å²) >= 11 is 6.18. The van der Waals surface area contributed by atoms with E-state index < -0.39 is 0 Å². The molecule has 0 fully saturated rings. The zero-order valence-corrected chi connectivity index (χ0v) is 15.6. The molecular formula is C18H22ClN3O3. The van der Waals surface area contributed by atoms with Crippen LogP contribution in [-0.4, -0.2) is 23.4 Å². The molecular weight excluding hydrogens is 342 g/mol. The first-order valence-electron chi connectivity index (χ1n) is 8.02. The zero-order valence-electron chi connectivity index (χ0n) is 14.8. The fourth-order valence-corrected chi connectivity index (χ4v) is 2.46. The lowest BCUT2D eigenvalue weighted by molar-refractivity contribution is -0.123. The van der Waals surface area contributed by atoms with Crippen molar-refractivity contribution in [2.24, 2.45) is 11.0 Å². The number of halogens is 1. The van der Waals surface area contributed by atoms with Gasteiger partial charge in [-0.15, -0.1) is 0 Å². The van der Waals surface area contributed by atoms with Crippen molar-refractivity contribution in [3.63, 3.8) is 0 Å². The van der Waals surface area contributed by atoms with Gasteiger partial charge < -0.3 is 9.26 Å². The minimum absolute atomic E-state index is 0.166. The Morgan fingerprint density at radius 3 is 2.84 bits per heavy atom. The van der Waals surface area contributed by atoms with Crippen LogP contribution in [-0.2, 0) is 4.79 Å². The minimum Gasteiger partial charge on any atom is -0.483 e. The predicted octanol–water partition coefficient (Wildman–Crippen LogP) is 4.22. The number of amides is 1. The van der Waals surface area contributed by atoms with Crippen molar-refractivity contribution in [2.75, 3.05) is 6.61 Å². The number of hydrazone groups is 1. The highest BCUT2D eigenvalue weighted by Gasteiger charge is 2.14. The van der Waals surface area contributed by atoms with Crippen molar-refractivity contribution in [2.45, 2.75) is 34.1 Å². The van der Waals surface area contributed by atoms with Gasteiger partial charge in [0.25, 0.3) is 5.91 Å². The topological polar surface area (TPSA) is 76.7 Å². The maximum absolute atomic E-state index is 12.0. The fraction of sp³-hybridized carbons (Fsp3) is 0.389. The number of hydrogen-bond donors (Lipinski definition) is 1. The average Bonchev–Trinajstić information content (AvgIpc) is 3.07. The molecule has 6 nitrogen and oxygen atoms in total. The van der Waals surface area contributed by atoms with Crippen LogP contribution in [0, 0.1) is 12.8 Å². The number of nitrogens with zero attached hydrogens (tertiary/aromatic N) is 2. The second-order valence-electron chi connectivity index (χ2n) is 6.24. The molecule has 25 heavy (non-hydrogen) atoms. The third-order valence-electron chi connectivity index (χ3n) is 3.40. The van der Waals surface area contributed by atoms with Crippen LogP contribution in [0.15, 0.2) is 34.0 Å². The highest BCUT2D eigenvalue weighted by atomic mass is 35.5. The van der Waals surface area contributed by atoms with Crippen LogP contribution in [0.25, 0.3) is 11.3 Å². The Balaban J connectivity index is 2.05. The third kappa shape index (κ3) is 5.60.